The molecule has 0 spiro atoms. The zero-order chi connectivity index (χ0) is 18.6. The topological polar surface area (TPSA) is 57.7 Å². The van der Waals surface area contributed by atoms with Crippen molar-refractivity contribution in [2.45, 2.75) is 12.1 Å². The summed E-state index contributed by atoms with van der Waals surface area (Å²) in [4.78, 5) is 16.3. The maximum Gasteiger partial charge on any atom is 0.329 e. The molecule has 2 aromatic rings. The van der Waals surface area contributed by atoms with Crippen molar-refractivity contribution in [2.75, 3.05) is 21.3 Å². The van der Waals surface area contributed by atoms with Gasteiger partial charge in [0.15, 0.2) is 9.84 Å². The van der Waals surface area contributed by atoms with Gasteiger partial charge < -0.3 is 0 Å². The molecule has 0 aliphatic carbocycles. The average Bonchev–Trinajstić information content (AvgIpc) is 3.00. The molecule has 2 aliphatic heterocycles. The van der Waals surface area contributed by atoms with Gasteiger partial charge >= 0.3 is 6.03 Å². The number of carbonyl (C=O) groups excluding carboxylic acids is 1. The fraction of sp³-hybridized carbons (Fsp3) is 0.235. The fourth-order valence-corrected chi connectivity index (χ4v) is 6.02. The molecule has 2 saturated heterocycles. The van der Waals surface area contributed by atoms with Gasteiger partial charge in [-0.2, -0.15) is 0 Å². The van der Waals surface area contributed by atoms with Crippen LogP contribution in [0, 0.1) is 0 Å². The fourth-order valence-electron chi connectivity index (χ4n) is 3.54. The summed E-state index contributed by atoms with van der Waals surface area (Å²) in [7, 11) is -3.24. The number of rotatable bonds is 2. The molecule has 5 nitrogen and oxygen atoms in total. The molecule has 0 saturated carbocycles. The molecule has 2 aliphatic rings. The lowest BCUT2D eigenvalue weighted by atomic mass is 10.1. The van der Waals surface area contributed by atoms with Crippen molar-refractivity contribution in [3.05, 3.63) is 57.0 Å². The smallest absolute Gasteiger partial charge is 0.288 e. The predicted molar refractivity (Wildman–Crippen MR) is 107 cm³/mol. The Kier molecular flexibility index (Phi) is 4.46. The number of amides is 2. The van der Waals surface area contributed by atoms with Gasteiger partial charge in [-0.25, -0.2) is 13.2 Å². The molecular weight excluding hydrogens is 463 g/mol. The van der Waals surface area contributed by atoms with Gasteiger partial charge in [0, 0.05) is 15.8 Å². The van der Waals surface area contributed by atoms with E-state index in [2.05, 4.69) is 15.9 Å². The average molecular weight is 476 g/mol. The number of hydrogen-bond acceptors (Lipinski definition) is 3. The molecule has 136 valence electrons. The summed E-state index contributed by atoms with van der Waals surface area (Å²) in [6.45, 7) is 0. The van der Waals surface area contributed by atoms with Gasteiger partial charge in [-0.05, 0) is 42.5 Å². The van der Waals surface area contributed by atoms with Gasteiger partial charge in [0.2, 0.25) is 0 Å². The Labute approximate surface area is 169 Å². The number of nitrogens with zero attached hydrogens (tertiary/aromatic N) is 2. The molecule has 0 radical (unpaired) electrons. The van der Waals surface area contributed by atoms with Crippen LogP contribution in [0.5, 0.6) is 0 Å². The Morgan fingerprint density at radius 1 is 0.885 bits per heavy atom. The van der Waals surface area contributed by atoms with E-state index in [-0.39, 0.29) is 17.5 Å². The van der Waals surface area contributed by atoms with Crippen LogP contribution in [-0.2, 0) is 9.84 Å². The van der Waals surface area contributed by atoms with Crippen molar-refractivity contribution >= 4 is 66.4 Å². The van der Waals surface area contributed by atoms with E-state index in [1.165, 1.54) is 4.90 Å². The first kappa shape index (κ1) is 18.1. The first-order valence-electron chi connectivity index (χ1n) is 7.80. The molecule has 2 atom stereocenters. The van der Waals surface area contributed by atoms with Crippen molar-refractivity contribution in [3.63, 3.8) is 0 Å². The highest BCUT2D eigenvalue weighted by Crippen LogP contribution is 2.39. The van der Waals surface area contributed by atoms with Gasteiger partial charge in [0.25, 0.3) is 0 Å². The lowest BCUT2D eigenvalue weighted by Crippen LogP contribution is -2.37. The molecule has 2 heterocycles. The Balaban J connectivity index is 1.81. The molecule has 2 aromatic carbocycles. The summed E-state index contributed by atoms with van der Waals surface area (Å²) < 4.78 is 25.4. The van der Waals surface area contributed by atoms with Gasteiger partial charge in [0.05, 0.1) is 33.6 Å². The van der Waals surface area contributed by atoms with Gasteiger partial charge in [0.1, 0.15) is 0 Å². The van der Waals surface area contributed by atoms with Crippen LogP contribution in [0.25, 0.3) is 0 Å². The third kappa shape index (κ3) is 3.01. The summed E-state index contributed by atoms with van der Waals surface area (Å²) in [5.74, 6) is -0.131. The highest BCUT2D eigenvalue weighted by atomic mass is 79.9. The lowest BCUT2D eigenvalue weighted by molar-refractivity contribution is 0.255. The summed E-state index contributed by atoms with van der Waals surface area (Å²) in [6.07, 6.45) is 0. The van der Waals surface area contributed by atoms with E-state index < -0.39 is 21.9 Å². The van der Waals surface area contributed by atoms with Crippen LogP contribution in [0.4, 0.5) is 16.2 Å². The number of halogens is 3. The van der Waals surface area contributed by atoms with E-state index in [1.807, 2.05) is 12.1 Å². The Morgan fingerprint density at radius 3 is 2.00 bits per heavy atom. The first-order valence-corrected chi connectivity index (χ1v) is 11.2. The summed E-state index contributed by atoms with van der Waals surface area (Å²) >= 11 is 15.4. The van der Waals surface area contributed by atoms with Crippen LogP contribution in [0.15, 0.2) is 46.9 Å². The number of carbonyl (C=O) groups is 1. The Hall–Kier alpha value is -1.28. The first-order chi connectivity index (χ1) is 12.3. The molecule has 0 N–H and O–H groups in total. The second kappa shape index (κ2) is 6.41. The van der Waals surface area contributed by atoms with Crippen molar-refractivity contribution in [1.82, 2.24) is 0 Å². The van der Waals surface area contributed by atoms with Crippen LogP contribution >= 0.6 is 39.1 Å². The van der Waals surface area contributed by atoms with E-state index in [0.29, 0.717) is 21.4 Å². The zero-order valence-electron chi connectivity index (χ0n) is 13.3. The highest BCUT2D eigenvalue weighted by Gasteiger charge is 2.54. The number of benzene rings is 2. The number of hydrogen-bond donors (Lipinski definition) is 0. The predicted octanol–water partition coefficient (Wildman–Crippen LogP) is 4.37. The van der Waals surface area contributed by atoms with Crippen LogP contribution in [0.3, 0.4) is 0 Å². The number of urea groups is 1. The number of sulfone groups is 1. The number of fused-ring (bicyclic) bond motifs is 1. The Morgan fingerprint density at radius 2 is 1.42 bits per heavy atom. The molecule has 9 heteroatoms. The summed E-state index contributed by atoms with van der Waals surface area (Å²) in [6, 6.07) is 10.9. The molecule has 0 unspecified atom stereocenters. The quantitative estimate of drug-likeness (QED) is 0.606. The van der Waals surface area contributed by atoms with E-state index >= 15 is 0 Å². The molecule has 2 amide bonds. The zero-order valence-corrected chi connectivity index (χ0v) is 17.2. The van der Waals surface area contributed by atoms with Gasteiger partial charge in [-0.1, -0.05) is 39.1 Å². The second-order valence-corrected chi connectivity index (χ2v) is 10.2. The van der Waals surface area contributed by atoms with Crippen LogP contribution in [0.2, 0.25) is 10.0 Å². The monoisotopic (exact) mass is 474 g/mol. The standard InChI is InChI=1S/C17H13BrCl2N2O3S/c18-10-1-3-11(4-2-10)21-15-8-26(24,25)9-16(15)22(17(21)23)12-5-6-13(19)14(20)7-12/h1-7,15-16H,8-9H2/t15-,16-/m0/s1. The largest absolute Gasteiger partial charge is 0.329 e. The van der Waals surface area contributed by atoms with Crippen molar-refractivity contribution in [2.24, 2.45) is 0 Å². The van der Waals surface area contributed by atoms with Crippen molar-refractivity contribution in [3.8, 4) is 0 Å². The normalized spacial score (nSPS) is 24.2. The lowest BCUT2D eigenvalue weighted by Gasteiger charge is -2.23. The van der Waals surface area contributed by atoms with E-state index in [0.717, 1.165) is 4.47 Å². The molecular formula is C17H13BrCl2N2O3S. The molecule has 4 rings (SSSR count). The second-order valence-electron chi connectivity index (χ2n) is 6.31. The summed E-state index contributed by atoms with van der Waals surface area (Å²) in [5.41, 5.74) is 1.20. The van der Waals surface area contributed by atoms with Crippen LogP contribution < -0.4 is 9.80 Å². The highest BCUT2D eigenvalue weighted by molar-refractivity contribution is 9.10. The van der Waals surface area contributed by atoms with Crippen molar-refractivity contribution < 1.29 is 13.2 Å². The minimum absolute atomic E-state index is 0.0582. The van der Waals surface area contributed by atoms with Crippen LogP contribution in [-0.4, -0.2) is 38.0 Å². The van der Waals surface area contributed by atoms with Crippen LogP contribution in [0.1, 0.15) is 0 Å². The van der Waals surface area contributed by atoms with E-state index in [9.17, 15) is 13.2 Å². The third-order valence-electron chi connectivity index (χ3n) is 4.66. The van der Waals surface area contributed by atoms with Gasteiger partial charge in [-0.15, -0.1) is 0 Å². The van der Waals surface area contributed by atoms with E-state index in [4.69, 9.17) is 23.2 Å². The molecule has 0 bridgehead atoms. The van der Waals surface area contributed by atoms with Crippen molar-refractivity contribution in [1.29, 1.82) is 0 Å². The summed E-state index contributed by atoms with van der Waals surface area (Å²) in [5, 5.41) is 0.693. The minimum atomic E-state index is -3.24. The minimum Gasteiger partial charge on any atom is -0.288 e. The Bertz CT molecular complexity index is 998. The molecule has 2 fully saturated rings. The van der Waals surface area contributed by atoms with E-state index in [1.54, 1.807) is 35.2 Å². The maximum absolute atomic E-state index is 13.2. The SMILES string of the molecule is O=C1N(c2ccc(Br)cc2)[C@H]2CS(=O)(=O)C[C@@H]2N1c1ccc(Cl)c(Cl)c1. The molecule has 26 heavy (non-hydrogen) atoms. The number of anilines is 2. The third-order valence-corrected chi connectivity index (χ3v) is 7.62. The molecule has 0 aromatic heterocycles. The van der Waals surface area contributed by atoms with Gasteiger partial charge in [-0.3, -0.25) is 9.80 Å². The maximum atomic E-state index is 13.2.